The van der Waals surface area contributed by atoms with E-state index in [0.717, 1.165) is 19.3 Å². The van der Waals surface area contributed by atoms with Crippen LogP contribution in [0.1, 0.15) is 38.5 Å². The summed E-state index contributed by atoms with van der Waals surface area (Å²) < 4.78 is 42.4. The van der Waals surface area contributed by atoms with Crippen LogP contribution >= 0.6 is 0 Å². The molecule has 4 saturated carbocycles. The van der Waals surface area contributed by atoms with E-state index in [4.69, 9.17) is 13.5 Å². The summed E-state index contributed by atoms with van der Waals surface area (Å²) in [5.74, 6) is 1.66. The van der Waals surface area contributed by atoms with Crippen molar-refractivity contribution in [2.24, 2.45) is 23.2 Å². The minimum atomic E-state index is -4.82. The van der Waals surface area contributed by atoms with Gasteiger partial charge in [0, 0.05) is 5.41 Å². The average molecular weight is 378 g/mol. The van der Waals surface area contributed by atoms with Gasteiger partial charge in [-0.1, -0.05) is 0 Å². The second kappa shape index (κ2) is 6.12. The molecule has 1 aliphatic heterocycles. The van der Waals surface area contributed by atoms with Crippen molar-refractivity contribution < 1.29 is 37.2 Å². The van der Waals surface area contributed by atoms with E-state index in [1.807, 2.05) is 0 Å². The van der Waals surface area contributed by atoms with E-state index in [2.05, 4.69) is 0 Å². The maximum atomic E-state index is 11.3. The van der Waals surface area contributed by atoms with E-state index in [-0.39, 0.29) is 5.41 Å². The second-order valence-corrected chi connectivity index (χ2v) is 9.58. The Morgan fingerprint density at radius 2 is 1.52 bits per heavy atom. The van der Waals surface area contributed by atoms with Crippen LogP contribution in [0.3, 0.4) is 0 Å². The monoisotopic (exact) mass is 378 g/mol. The Balaban J connectivity index is 1.68. The summed E-state index contributed by atoms with van der Waals surface area (Å²) in [7, 11) is -4.82. The molecule has 0 aromatic carbocycles. The van der Waals surface area contributed by atoms with Gasteiger partial charge in [-0.2, -0.15) is 8.42 Å². The predicted molar refractivity (Wildman–Crippen MR) is 84.8 cm³/mol. The molecule has 0 radical (unpaired) electrons. The highest BCUT2D eigenvalue weighted by Gasteiger charge is 2.61. The Kier molecular flexibility index (Phi) is 4.43. The van der Waals surface area contributed by atoms with Crippen molar-refractivity contribution in [3.05, 3.63) is 0 Å². The van der Waals surface area contributed by atoms with Crippen molar-refractivity contribution in [2.75, 3.05) is 6.61 Å². The van der Waals surface area contributed by atoms with Crippen molar-refractivity contribution in [1.82, 2.24) is 0 Å². The van der Waals surface area contributed by atoms with Crippen molar-refractivity contribution >= 4 is 10.4 Å². The molecule has 1 unspecified atom stereocenters. The summed E-state index contributed by atoms with van der Waals surface area (Å²) in [6.07, 6.45) is -0.148. The molecule has 1 saturated heterocycles. The Morgan fingerprint density at radius 3 is 1.96 bits per heavy atom. The van der Waals surface area contributed by atoms with Gasteiger partial charge < -0.3 is 20.1 Å². The van der Waals surface area contributed by atoms with E-state index >= 15 is 0 Å². The lowest BCUT2D eigenvalue weighted by molar-refractivity contribution is -0.270. The molecule has 0 aromatic heterocycles. The molecule has 0 spiro atoms. The summed E-state index contributed by atoms with van der Waals surface area (Å²) in [6, 6.07) is 0. The summed E-state index contributed by atoms with van der Waals surface area (Å²) in [4.78, 5) is 0. The van der Waals surface area contributed by atoms with Gasteiger partial charge in [-0.05, 0) is 56.3 Å². The third-order valence-corrected chi connectivity index (χ3v) is 7.25. The Hall–Kier alpha value is -0.290. The normalized spacial score (nSPS) is 52.5. The van der Waals surface area contributed by atoms with Crippen LogP contribution in [0.15, 0.2) is 0 Å². The third kappa shape index (κ3) is 3.13. The molecule has 8 nitrogen and oxygen atoms in total. The fourth-order valence-electron chi connectivity index (χ4n) is 6.36. The Bertz CT molecular complexity index is 584. The first-order valence-corrected chi connectivity index (χ1v) is 10.4. The number of ether oxygens (including phenoxy) is 1. The van der Waals surface area contributed by atoms with E-state index < -0.39 is 47.5 Å². The zero-order valence-corrected chi connectivity index (χ0v) is 14.7. The summed E-state index contributed by atoms with van der Waals surface area (Å²) in [5.41, 5.74) is -0.349. The highest BCUT2D eigenvalue weighted by molar-refractivity contribution is 7.80. The van der Waals surface area contributed by atoms with Gasteiger partial charge in [-0.3, -0.25) is 4.55 Å². The van der Waals surface area contributed by atoms with Gasteiger partial charge in [-0.15, -0.1) is 0 Å². The molecule has 4 bridgehead atoms. The predicted octanol–water partition coefficient (Wildman–Crippen LogP) is -0.128. The lowest BCUT2D eigenvalue weighted by atomic mass is 9.47. The van der Waals surface area contributed by atoms with Gasteiger partial charge in [0.05, 0.1) is 12.7 Å². The first kappa shape index (κ1) is 18.1. The standard InChI is InChI=1S/C16H26O8S/c17-7-11-12(18)13(19)14(24-25(20,21)22)15(23-11)16-4-8-1-9(5-16)3-10(2-8)6-16/h8-15,17-19H,1-7H2,(H,20,21,22)/t8?,9?,10?,11-,12+,13+,14-,15?,16?/m1/s1. The second-order valence-electron chi connectivity index (χ2n) is 8.53. The first-order chi connectivity index (χ1) is 11.7. The molecular weight excluding hydrogens is 352 g/mol. The van der Waals surface area contributed by atoms with Crippen LogP contribution in [-0.4, -0.2) is 65.4 Å². The van der Waals surface area contributed by atoms with E-state index in [1.165, 1.54) is 19.3 Å². The van der Waals surface area contributed by atoms with Gasteiger partial charge in [-0.25, -0.2) is 4.18 Å². The van der Waals surface area contributed by atoms with Gasteiger partial charge >= 0.3 is 10.4 Å². The minimum absolute atomic E-state index is 0.349. The molecule has 1 heterocycles. The maximum Gasteiger partial charge on any atom is 0.397 e. The molecule has 5 aliphatic rings. The molecular formula is C16H26O8S. The average Bonchev–Trinajstić information content (AvgIpc) is 2.49. The first-order valence-electron chi connectivity index (χ1n) is 8.99. The van der Waals surface area contributed by atoms with Gasteiger partial charge in [0.15, 0.2) is 0 Å². The van der Waals surface area contributed by atoms with Crippen LogP contribution < -0.4 is 0 Å². The minimum Gasteiger partial charge on any atom is -0.394 e. The summed E-state index contributed by atoms with van der Waals surface area (Å²) in [6.45, 7) is -0.486. The molecule has 5 rings (SSSR count). The molecule has 0 aromatic rings. The molecule has 5 fully saturated rings. The van der Waals surface area contributed by atoms with Crippen molar-refractivity contribution in [3.63, 3.8) is 0 Å². The van der Waals surface area contributed by atoms with Crippen LogP contribution in [-0.2, 0) is 19.3 Å². The molecule has 4 aliphatic carbocycles. The van der Waals surface area contributed by atoms with E-state index in [1.54, 1.807) is 0 Å². The third-order valence-electron chi connectivity index (χ3n) is 6.79. The van der Waals surface area contributed by atoms with Gasteiger partial charge in [0.2, 0.25) is 0 Å². The molecule has 5 atom stereocenters. The number of hydrogen-bond donors (Lipinski definition) is 4. The lowest BCUT2D eigenvalue weighted by Gasteiger charge is -2.61. The topological polar surface area (TPSA) is 134 Å². The summed E-state index contributed by atoms with van der Waals surface area (Å²) >= 11 is 0. The molecule has 25 heavy (non-hydrogen) atoms. The van der Waals surface area contributed by atoms with Crippen LogP contribution in [0.25, 0.3) is 0 Å². The van der Waals surface area contributed by atoms with E-state index in [9.17, 15) is 23.7 Å². The molecule has 144 valence electrons. The van der Waals surface area contributed by atoms with Crippen LogP contribution in [0.5, 0.6) is 0 Å². The molecule has 4 N–H and O–H groups in total. The van der Waals surface area contributed by atoms with Crippen molar-refractivity contribution in [3.8, 4) is 0 Å². The van der Waals surface area contributed by atoms with E-state index in [0.29, 0.717) is 17.8 Å². The zero-order valence-electron chi connectivity index (χ0n) is 13.9. The maximum absolute atomic E-state index is 11.3. The quantitative estimate of drug-likeness (QED) is 0.497. The smallest absolute Gasteiger partial charge is 0.394 e. The largest absolute Gasteiger partial charge is 0.397 e. The summed E-state index contributed by atoms with van der Waals surface area (Å²) in [5, 5.41) is 30.0. The molecule has 9 heteroatoms. The van der Waals surface area contributed by atoms with Crippen LogP contribution in [0.4, 0.5) is 0 Å². The molecule has 0 amide bonds. The van der Waals surface area contributed by atoms with Crippen molar-refractivity contribution in [1.29, 1.82) is 0 Å². The fraction of sp³-hybridized carbons (Fsp3) is 1.00. The van der Waals surface area contributed by atoms with Crippen LogP contribution in [0, 0.1) is 23.2 Å². The van der Waals surface area contributed by atoms with Gasteiger partial charge in [0.25, 0.3) is 0 Å². The number of rotatable bonds is 4. The van der Waals surface area contributed by atoms with Gasteiger partial charge in [0.1, 0.15) is 24.4 Å². The highest BCUT2D eigenvalue weighted by Crippen LogP contribution is 2.63. The number of aliphatic hydroxyl groups excluding tert-OH is 3. The van der Waals surface area contributed by atoms with Crippen molar-refractivity contribution in [2.45, 2.75) is 69.0 Å². The highest BCUT2D eigenvalue weighted by atomic mass is 32.3. The van der Waals surface area contributed by atoms with Crippen LogP contribution in [0.2, 0.25) is 0 Å². The SMILES string of the molecule is O=S(=O)(O)O[C@H]1C(C23CC4CC(CC(C4)C2)C3)O[C@H](CO)[C@H](O)[C@@H]1O. The Labute approximate surface area is 147 Å². The number of aliphatic hydroxyl groups is 3. The zero-order chi connectivity index (χ0) is 18.0. The lowest BCUT2D eigenvalue weighted by Crippen LogP contribution is -2.66. The fourth-order valence-corrected chi connectivity index (χ4v) is 6.85. The number of hydrogen-bond acceptors (Lipinski definition) is 7. The Morgan fingerprint density at radius 1 is 1.00 bits per heavy atom.